The number of benzene rings is 1. The van der Waals surface area contributed by atoms with Gasteiger partial charge in [-0.2, -0.15) is 0 Å². The molecule has 1 aromatic carbocycles. The second-order valence-corrected chi connectivity index (χ2v) is 5.07. The maximum atomic E-state index is 5.77. The quantitative estimate of drug-likeness (QED) is 0.853. The van der Waals surface area contributed by atoms with Crippen molar-refractivity contribution >= 4 is 11.5 Å². The Morgan fingerprint density at radius 2 is 2.05 bits per heavy atom. The SMILES string of the molecule is CCOc1ccc(Nc2cc(C(C)C)ncn2)cc1CN. The first-order valence-corrected chi connectivity index (χ1v) is 7.18. The molecule has 0 aliphatic carbocycles. The van der Waals surface area contributed by atoms with Crippen LogP contribution in [0.1, 0.15) is 37.9 Å². The second kappa shape index (κ2) is 7.04. The van der Waals surface area contributed by atoms with Gasteiger partial charge in [0, 0.05) is 29.6 Å². The van der Waals surface area contributed by atoms with Crippen molar-refractivity contribution in [3.05, 3.63) is 41.9 Å². The third-order valence-corrected chi connectivity index (χ3v) is 3.13. The molecule has 3 N–H and O–H groups in total. The standard InChI is InChI=1S/C16H22N4O/c1-4-21-15-6-5-13(7-12(15)9-17)20-16-8-14(11(2)3)18-10-19-16/h5-8,10-11H,4,9,17H2,1-3H3,(H,18,19,20). The summed E-state index contributed by atoms with van der Waals surface area (Å²) in [5.41, 5.74) is 8.69. The van der Waals surface area contributed by atoms with E-state index in [9.17, 15) is 0 Å². The van der Waals surface area contributed by atoms with Gasteiger partial charge >= 0.3 is 0 Å². The minimum Gasteiger partial charge on any atom is -0.494 e. The van der Waals surface area contributed by atoms with Crippen LogP contribution in [0.4, 0.5) is 11.5 Å². The Morgan fingerprint density at radius 1 is 1.24 bits per heavy atom. The number of ether oxygens (including phenoxy) is 1. The van der Waals surface area contributed by atoms with E-state index in [-0.39, 0.29) is 0 Å². The fourth-order valence-corrected chi connectivity index (χ4v) is 2.02. The predicted molar refractivity (Wildman–Crippen MR) is 84.9 cm³/mol. The van der Waals surface area contributed by atoms with Gasteiger partial charge in [0.1, 0.15) is 17.9 Å². The van der Waals surface area contributed by atoms with E-state index in [1.165, 1.54) is 0 Å². The Kier molecular flexibility index (Phi) is 5.11. The molecule has 2 aromatic rings. The molecular weight excluding hydrogens is 264 g/mol. The number of nitrogens with one attached hydrogen (secondary N) is 1. The topological polar surface area (TPSA) is 73.1 Å². The molecule has 1 heterocycles. The fraction of sp³-hybridized carbons (Fsp3) is 0.375. The van der Waals surface area contributed by atoms with Crippen molar-refractivity contribution in [2.45, 2.75) is 33.2 Å². The number of nitrogens with two attached hydrogens (primary N) is 1. The minimum atomic E-state index is 0.369. The van der Waals surface area contributed by atoms with E-state index in [1.807, 2.05) is 31.2 Å². The highest BCUT2D eigenvalue weighted by molar-refractivity contribution is 5.59. The Bertz CT molecular complexity index is 599. The molecule has 0 aliphatic rings. The number of nitrogens with zero attached hydrogens (tertiary/aromatic N) is 2. The summed E-state index contributed by atoms with van der Waals surface area (Å²) < 4.78 is 5.55. The average molecular weight is 286 g/mol. The van der Waals surface area contributed by atoms with E-state index in [1.54, 1.807) is 6.33 Å². The van der Waals surface area contributed by atoms with Gasteiger partial charge in [0.2, 0.25) is 0 Å². The molecular formula is C16H22N4O. The Hall–Kier alpha value is -2.14. The molecule has 0 spiro atoms. The van der Waals surface area contributed by atoms with Gasteiger partial charge in [-0.25, -0.2) is 9.97 Å². The maximum absolute atomic E-state index is 5.77. The van der Waals surface area contributed by atoms with E-state index in [4.69, 9.17) is 10.5 Å². The highest BCUT2D eigenvalue weighted by Gasteiger charge is 2.06. The van der Waals surface area contributed by atoms with Crippen LogP contribution in [-0.2, 0) is 6.54 Å². The molecule has 5 nitrogen and oxygen atoms in total. The first-order valence-electron chi connectivity index (χ1n) is 7.18. The predicted octanol–water partition coefficient (Wildman–Crippen LogP) is 3.20. The van der Waals surface area contributed by atoms with Crippen molar-refractivity contribution < 1.29 is 4.74 Å². The molecule has 0 amide bonds. The Balaban J connectivity index is 2.21. The lowest BCUT2D eigenvalue weighted by atomic mass is 10.1. The highest BCUT2D eigenvalue weighted by atomic mass is 16.5. The summed E-state index contributed by atoms with van der Waals surface area (Å²) in [6, 6.07) is 7.84. The molecule has 2 rings (SSSR count). The van der Waals surface area contributed by atoms with Crippen molar-refractivity contribution in [2.75, 3.05) is 11.9 Å². The lowest BCUT2D eigenvalue weighted by Crippen LogP contribution is -2.04. The molecule has 21 heavy (non-hydrogen) atoms. The normalized spacial score (nSPS) is 10.7. The van der Waals surface area contributed by atoms with Crippen LogP contribution >= 0.6 is 0 Å². The van der Waals surface area contributed by atoms with Crippen molar-refractivity contribution in [3.8, 4) is 5.75 Å². The second-order valence-electron chi connectivity index (χ2n) is 5.07. The van der Waals surface area contributed by atoms with Crippen LogP contribution in [0.15, 0.2) is 30.6 Å². The number of aromatic nitrogens is 2. The summed E-state index contributed by atoms with van der Waals surface area (Å²) in [7, 11) is 0. The van der Waals surface area contributed by atoms with E-state index in [0.29, 0.717) is 19.1 Å². The van der Waals surface area contributed by atoms with Crippen LogP contribution in [-0.4, -0.2) is 16.6 Å². The summed E-state index contributed by atoms with van der Waals surface area (Å²) in [4.78, 5) is 8.51. The van der Waals surface area contributed by atoms with Crippen molar-refractivity contribution in [3.63, 3.8) is 0 Å². The summed E-state index contributed by atoms with van der Waals surface area (Å²) in [5, 5.41) is 3.28. The minimum absolute atomic E-state index is 0.369. The van der Waals surface area contributed by atoms with Gasteiger partial charge in [0.25, 0.3) is 0 Å². The number of hydrogen-bond acceptors (Lipinski definition) is 5. The van der Waals surface area contributed by atoms with Gasteiger partial charge in [-0.3, -0.25) is 0 Å². The zero-order valence-electron chi connectivity index (χ0n) is 12.8. The molecule has 0 bridgehead atoms. The smallest absolute Gasteiger partial charge is 0.133 e. The third kappa shape index (κ3) is 3.92. The average Bonchev–Trinajstić information content (AvgIpc) is 2.49. The summed E-state index contributed by atoms with van der Waals surface area (Å²) in [6.07, 6.45) is 1.58. The lowest BCUT2D eigenvalue weighted by molar-refractivity contribution is 0.336. The molecule has 0 atom stereocenters. The molecule has 0 unspecified atom stereocenters. The number of hydrogen-bond donors (Lipinski definition) is 2. The molecule has 0 saturated heterocycles. The number of rotatable bonds is 6. The number of anilines is 2. The van der Waals surface area contributed by atoms with Crippen LogP contribution in [0, 0.1) is 0 Å². The van der Waals surface area contributed by atoms with Gasteiger partial charge in [-0.15, -0.1) is 0 Å². The van der Waals surface area contributed by atoms with Crippen LogP contribution in [0.2, 0.25) is 0 Å². The summed E-state index contributed by atoms with van der Waals surface area (Å²) in [5.74, 6) is 1.98. The van der Waals surface area contributed by atoms with Gasteiger partial charge < -0.3 is 15.8 Å². The Labute approximate surface area is 125 Å². The van der Waals surface area contributed by atoms with E-state index in [0.717, 1.165) is 28.5 Å². The molecule has 0 radical (unpaired) electrons. The van der Waals surface area contributed by atoms with Crippen LogP contribution in [0.5, 0.6) is 5.75 Å². The molecule has 0 fully saturated rings. The summed E-state index contributed by atoms with van der Waals surface area (Å²) in [6.45, 7) is 7.24. The van der Waals surface area contributed by atoms with Crippen LogP contribution < -0.4 is 15.8 Å². The van der Waals surface area contributed by atoms with E-state index >= 15 is 0 Å². The van der Waals surface area contributed by atoms with Gasteiger partial charge in [0.15, 0.2) is 0 Å². The molecule has 112 valence electrons. The maximum Gasteiger partial charge on any atom is 0.133 e. The van der Waals surface area contributed by atoms with Crippen molar-refractivity contribution in [1.82, 2.24) is 9.97 Å². The Morgan fingerprint density at radius 3 is 2.71 bits per heavy atom. The first-order chi connectivity index (χ1) is 10.1. The van der Waals surface area contributed by atoms with Crippen LogP contribution in [0.25, 0.3) is 0 Å². The first kappa shape index (κ1) is 15.3. The van der Waals surface area contributed by atoms with E-state index < -0.39 is 0 Å². The van der Waals surface area contributed by atoms with Crippen LogP contribution in [0.3, 0.4) is 0 Å². The molecule has 0 aliphatic heterocycles. The third-order valence-electron chi connectivity index (χ3n) is 3.13. The largest absolute Gasteiger partial charge is 0.494 e. The molecule has 0 saturated carbocycles. The van der Waals surface area contributed by atoms with Crippen molar-refractivity contribution in [2.24, 2.45) is 5.73 Å². The zero-order valence-corrected chi connectivity index (χ0v) is 12.8. The zero-order chi connectivity index (χ0) is 15.2. The lowest BCUT2D eigenvalue weighted by Gasteiger charge is -2.12. The molecule has 5 heteroatoms. The van der Waals surface area contributed by atoms with E-state index in [2.05, 4.69) is 29.1 Å². The van der Waals surface area contributed by atoms with Gasteiger partial charge in [0.05, 0.1) is 6.61 Å². The van der Waals surface area contributed by atoms with Gasteiger partial charge in [-0.05, 0) is 31.0 Å². The van der Waals surface area contributed by atoms with Crippen molar-refractivity contribution in [1.29, 1.82) is 0 Å². The fourth-order valence-electron chi connectivity index (χ4n) is 2.02. The monoisotopic (exact) mass is 286 g/mol. The molecule has 1 aromatic heterocycles. The highest BCUT2D eigenvalue weighted by Crippen LogP contribution is 2.25. The summed E-state index contributed by atoms with van der Waals surface area (Å²) >= 11 is 0. The van der Waals surface area contributed by atoms with Gasteiger partial charge in [-0.1, -0.05) is 13.8 Å².